The number of benzene rings is 2. The van der Waals surface area contributed by atoms with Crippen molar-refractivity contribution in [3.8, 4) is 11.5 Å². The monoisotopic (exact) mass is 490 g/mol. The summed E-state index contributed by atoms with van der Waals surface area (Å²) in [6.07, 6.45) is 0.819. The molecule has 0 fully saturated rings. The minimum Gasteiger partial charge on any atom is -0.493 e. The molecule has 2 amide bonds. The lowest BCUT2D eigenvalue weighted by Gasteiger charge is -2.29. The zero-order valence-electron chi connectivity index (χ0n) is 18.8. The number of hydrogen-bond donors (Lipinski definition) is 1. The minimum absolute atomic E-state index is 0.00588. The Labute approximate surface area is 193 Å². The Hall–Kier alpha value is -2.54. The molecule has 1 atom stereocenters. The van der Waals surface area contributed by atoms with Crippen LogP contribution in [0.15, 0.2) is 46.9 Å². The van der Waals surface area contributed by atoms with E-state index in [4.69, 9.17) is 9.47 Å². The number of ether oxygens (including phenoxy) is 2. The normalized spacial score (nSPS) is 11.7. The molecule has 2 rings (SSSR count). The van der Waals surface area contributed by atoms with Gasteiger partial charge in [0.05, 0.1) is 14.2 Å². The molecule has 0 saturated heterocycles. The molecule has 1 unspecified atom stereocenters. The second-order valence-corrected chi connectivity index (χ2v) is 8.59. The summed E-state index contributed by atoms with van der Waals surface area (Å²) in [6, 6.07) is 12.8. The zero-order chi connectivity index (χ0) is 23.0. The molecule has 0 bridgehead atoms. The van der Waals surface area contributed by atoms with Crippen molar-refractivity contribution in [3.05, 3.63) is 58.1 Å². The first kappa shape index (κ1) is 24.7. The number of nitrogens with one attached hydrogen (secondary N) is 1. The van der Waals surface area contributed by atoms with Gasteiger partial charge in [0.1, 0.15) is 6.04 Å². The highest BCUT2D eigenvalue weighted by atomic mass is 79.9. The summed E-state index contributed by atoms with van der Waals surface area (Å²) in [7, 11) is 3.17. The molecule has 7 heteroatoms. The first-order valence-electron chi connectivity index (χ1n) is 10.3. The second-order valence-electron chi connectivity index (χ2n) is 7.68. The largest absolute Gasteiger partial charge is 0.493 e. The smallest absolute Gasteiger partial charge is 0.242 e. The van der Waals surface area contributed by atoms with Gasteiger partial charge in [-0.25, -0.2) is 0 Å². The van der Waals surface area contributed by atoms with Crippen molar-refractivity contribution >= 4 is 27.7 Å². The lowest BCUT2D eigenvalue weighted by Crippen LogP contribution is -2.49. The molecule has 0 radical (unpaired) electrons. The quantitative estimate of drug-likeness (QED) is 0.537. The standard InChI is InChI=1S/C24H31BrN2O4/c1-16(2)26-24(29)17(3)27(15-19-6-10-20(25)11-7-19)23(28)13-9-18-8-12-21(30-4)22(14-18)31-5/h6-8,10-12,14,16-17H,9,13,15H2,1-5H3,(H,26,29). The molecule has 6 nitrogen and oxygen atoms in total. The van der Waals surface area contributed by atoms with E-state index in [-0.39, 0.29) is 24.3 Å². The third-order valence-electron chi connectivity index (χ3n) is 4.94. The van der Waals surface area contributed by atoms with Crippen molar-refractivity contribution in [2.75, 3.05) is 14.2 Å². The van der Waals surface area contributed by atoms with E-state index >= 15 is 0 Å². The molecule has 0 aliphatic carbocycles. The van der Waals surface area contributed by atoms with Crippen LogP contribution in [0.25, 0.3) is 0 Å². The van der Waals surface area contributed by atoms with Crippen molar-refractivity contribution < 1.29 is 19.1 Å². The van der Waals surface area contributed by atoms with E-state index < -0.39 is 6.04 Å². The summed E-state index contributed by atoms with van der Waals surface area (Å²) in [5.74, 6) is 1.04. The number of aryl methyl sites for hydroxylation is 1. The van der Waals surface area contributed by atoms with Crippen molar-refractivity contribution in [1.82, 2.24) is 10.2 Å². The van der Waals surface area contributed by atoms with E-state index in [1.807, 2.05) is 56.3 Å². The fraction of sp³-hybridized carbons (Fsp3) is 0.417. The van der Waals surface area contributed by atoms with Crippen LogP contribution in [0.4, 0.5) is 0 Å². The van der Waals surface area contributed by atoms with E-state index in [0.717, 1.165) is 15.6 Å². The van der Waals surface area contributed by atoms with Crippen LogP contribution < -0.4 is 14.8 Å². The number of carbonyl (C=O) groups is 2. The Morgan fingerprint density at radius 2 is 1.58 bits per heavy atom. The van der Waals surface area contributed by atoms with Gasteiger partial charge < -0.3 is 19.7 Å². The maximum atomic E-state index is 13.2. The predicted molar refractivity (Wildman–Crippen MR) is 125 cm³/mol. The first-order chi connectivity index (χ1) is 14.7. The molecule has 0 spiro atoms. The van der Waals surface area contributed by atoms with E-state index in [1.165, 1.54) is 0 Å². The average Bonchev–Trinajstić information content (AvgIpc) is 2.75. The van der Waals surface area contributed by atoms with Gasteiger partial charge in [-0.1, -0.05) is 34.1 Å². The molecule has 0 saturated carbocycles. The summed E-state index contributed by atoms with van der Waals surface area (Å²) in [5.41, 5.74) is 1.93. The van der Waals surface area contributed by atoms with Crippen LogP contribution in [0, 0.1) is 0 Å². The van der Waals surface area contributed by atoms with Crippen molar-refractivity contribution in [1.29, 1.82) is 0 Å². The number of amides is 2. The van der Waals surface area contributed by atoms with Crippen LogP contribution in [0.1, 0.15) is 38.3 Å². The van der Waals surface area contributed by atoms with Crippen LogP contribution in [-0.4, -0.2) is 43.0 Å². The van der Waals surface area contributed by atoms with Crippen LogP contribution in [-0.2, 0) is 22.6 Å². The number of methoxy groups -OCH3 is 2. The third-order valence-corrected chi connectivity index (χ3v) is 5.47. The molecule has 1 N–H and O–H groups in total. The Morgan fingerprint density at radius 3 is 2.16 bits per heavy atom. The highest BCUT2D eigenvalue weighted by molar-refractivity contribution is 9.10. The zero-order valence-corrected chi connectivity index (χ0v) is 20.4. The molecule has 0 aliphatic heterocycles. The average molecular weight is 491 g/mol. The van der Waals surface area contributed by atoms with E-state index in [2.05, 4.69) is 21.2 Å². The Balaban J connectivity index is 2.16. The van der Waals surface area contributed by atoms with E-state index in [9.17, 15) is 9.59 Å². The molecule has 0 heterocycles. The van der Waals surface area contributed by atoms with E-state index in [1.54, 1.807) is 26.0 Å². The van der Waals surface area contributed by atoms with Gasteiger partial charge in [-0.3, -0.25) is 9.59 Å². The van der Waals surface area contributed by atoms with Gasteiger partial charge in [0.2, 0.25) is 11.8 Å². The van der Waals surface area contributed by atoms with Crippen molar-refractivity contribution in [2.24, 2.45) is 0 Å². The van der Waals surface area contributed by atoms with Crippen LogP contribution in [0.2, 0.25) is 0 Å². The number of hydrogen-bond acceptors (Lipinski definition) is 4. The fourth-order valence-corrected chi connectivity index (χ4v) is 3.47. The fourth-order valence-electron chi connectivity index (χ4n) is 3.21. The van der Waals surface area contributed by atoms with Gasteiger partial charge in [-0.2, -0.15) is 0 Å². The third kappa shape index (κ3) is 7.28. The van der Waals surface area contributed by atoms with Crippen LogP contribution >= 0.6 is 15.9 Å². The molecule has 2 aromatic rings. The highest BCUT2D eigenvalue weighted by Crippen LogP contribution is 2.28. The summed E-state index contributed by atoms with van der Waals surface area (Å²) < 4.78 is 11.6. The summed E-state index contributed by atoms with van der Waals surface area (Å²) in [6.45, 7) is 5.95. The van der Waals surface area contributed by atoms with Crippen LogP contribution in [0.5, 0.6) is 11.5 Å². The van der Waals surface area contributed by atoms with Gasteiger partial charge in [0.25, 0.3) is 0 Å². The first-order valence-corrected chi connectivity index (χ1v) is 11.1. The number of nitrogens with zero attached hydrogens (tertiary/aromatic N) is 1. The SMILES string of the molecule is COc1ccc(CCC(=O)N(Cc2ccc(Br)cc2)C(C)C(=O)NC(C)C)cc1OC. The molecule has 31 heavy (non-hydrogen) atoms. The molecular weight excluding hydrogens is 460 g/mol. The molecule has 0 aliphatic rings. The number of rotatable bonds is 10. The van der Waals surface area contributed by atoms with Gasteiger partial charge in [0.15, 0.2) is 11.5 Å². The summed E-state index contributed by atoms with van der Waals surface area (Å²) >= 11 is 3.43. The molecule has 0 aromatic heterocycles. The summed E-state index contributed by atoms with van der Waals surface area (Å²) in [5, 5.41) is 2.90. The Bertz CT molecular complexity index is 884. The lowest BCUT2D eigenvalue weighted by atomic mass is 10.1. The number of carbonyl (C=O) groups excluding carboxylic acids is 2. The molecular formula is C24H31BrN2O4. The Kier molecular flexibility index (Phi) is 9.37. The summed E-state index contributed by atoms with van der Waals surface area (Å²) in [4.78, 5) is 27.4. The topological polar surface area (TPSA) is 67.9 Å². The molecule has 2 aromatic carbocycles. The minimum atomic E-state index is -0.580. The molecule has 168 valence electrons. The maximum Gasteiger partial charge on any atom is 0.242 e. The lowest BCUT2D eigenvalue weighted by molar-refractivity contribution is -0.140. The van der Waals surface area contributed by atoms with Crippen LogP contribution in [0.3, 0.4) is 0 Å². The van der Waals surface area contributed by atoms with Gasteiger partial charge in [-0.05, 0) is 62.6 Å². The maximum absolute atomic E-state index is 13.2. The predicted octanol–water partition coefficient (Wildman–Crippen LogP) is 4.34. The second kappa shape index (κ2) is 11.7. The van der Waals surface area contributed by atoms with Gasteiger partial charge in [0, 0.05) is 23.5 Å². The van der Waals surface area contributed by atoms with Gasteiger partial charge >= 0.3 is 0 Å². The van der Waals surface area contributed by atoms with Gasteiger partial charge in [-0.15, -0.1) is 0 Å². The van der Waals surface area contributed by atoms with E-state index in [0.29, 0.717) is 24.5 Å². The Morgan fingerprint density at radius 1 is 0.968 bits per heavy atom. The van der Waals surface area contributed by atoms with Crippen molar-refractivity contribution in [2.45, 2.75) is 52.2 Å². The van der Waals surface area contributed by atoms with Crippen molar-refractivity contribution in [3.63, 3.8) is 0 Å². The number of halogens is 1. The highest BCUT2D eigenvalue weighted by Gasteiger charge is 2.26.